The number of rotatable bonds is 4. The molecule has 1 aromatic carbocycles. The van der Waals surface area contributed by atoms with Gasteiger partial charge in [-0.25, -0.2) is 0 Å². The Balaban J connectivity index is 1.57. The van der Waals surface area contributed by atoms with Gasteiger partial charge in [-0.3, -0.25) is 4.79 Å². The molecule has 0 aliphatic carbocycles. The van der Waals surface area contributed by atoms with Gasteiger partial charge >= 0.3 is 0 Å². The number of morpholine rings is 1. The number of amides is 1. The number of quaternary nitrogens is 1. The average molecular weight is 304 g/mol. The summed E-state index contributed by atoms with van der Waals surface area (Å²) in [6, 6.07) is 8.17. The lowest BCUT2D eigenvalue weighted by molar-refractivity contribution is -0.901. The van der Waals surface area contributed by atoms with Crippen molar-refractivity contribution < 1.29 is 14.4 Å². The van der Waals surface area contributed by atoms with E-state index in [0.717, 1.165) is 45.1 Å². The molecule has 22 heavy (non-hydrogen) atoms. The molecule has 120 valence electrons. The van der Waals surface area contributed by atoms with Crippen molar-refractivity contribution in [1.82, 2.24) is 0 Å². The van der Waals surface area contributed by atoms with Crippen molar-refractivity contribution in [3.63, 3.8) is 0 Å². The highest BCUT2D eigenvalue weighted by atomic mass is 16.5. The summed E-state index contributed by atoms with van der Waals surface area (Å²) < 4.78 is 5.37. The highest BCUT2D eigenvalue weighted by Gasteiger charge is 2.27. The number of nitrogens with zero attached hydrogens (tertiary/aromatic N) is 1. The molecule has 2 heterocycles. The van der Waals surface area contributed by atoms with Gasteiger partial charge < -0.3 is 19.9 Å². The number of ether oxygens (including phenoxy) is 1. The van der Waals surface area contributed by atoms with Crippen LogP contribution < -0.4 is 15.1 Å². The highest BCUT2D eigenvalue weighted by Crippen LogP contribution is 2.19. The second kappa shape index (κ2) is 7.11. The Morgan fingerprint density at radius 3 is 2.45 bits per heavy atom. The molecule has 0 saturated carbocycles. The maximum atomic E-state index is 12.3. The lowest BCUT2D eigenvalue weighted by atomic mass is 10.2. The van der Waals surface area contributed by atoms with Gasteiger partial charge in [0, 0.05) is 37.3 Å². The van der Waals surface area contributed by atoms with E-state index >= 15 is 0 Å². The number of carbonyl (C=O) groups is 1. The Morgan fingerprint density at radius 1 is 1.18 bits per heavy atom. The molecular formula is C17H26N3O2+. The first-order chi connectivity index (χ1) is 10.7. The summed E-state index contributed by atoms with van der Waals surface area (Å²) in [5.41, 5.74) is 2.08. The molecule has 2 aliphatic rings. The Hall–Kier alpha value is -1.59. The number of hydrogen-bond acceptors (Lipinski definition) is 3. The van der Waals surface area contributed by atoms with Gasteiger partial charge in [0.2, 0.25) is 0 Å². The standard InChI is InChI=1S/C17H25N3O2/c1-14(19-8-2-3-9-19)17(21)18-15-4-6-16(7-5-15)20-10-12-22-13-11-20/h4-7,14H,2-3,8-13H2,1H3,(H,18,21)/p+1/t14-/m1/s1. The van der Waals surface area contributed by atoms with Crippen molar-refractivity contribution in [1.29, 1.82) is 0 Å². The molecule has 1 atom stereocenters. The van der Waals surface area contributed by atoms with E-state index in [-0.39, 0.29) is 11.9 Å². The van der Waals surface area contributed by atoms with E-state index in [1.165, 1.54) is 23.4 Å². The fraction of sp³-hybridized carbons (Fsp3) is 0.588. The third-order valence-corrected chi connectivity index (χ3v) is 4.76. The van der Waals surface area contributed by atoms with E-state index in [1.54, 1.807) is 0 Å². The third kappa shape index (κ3) is 3.59. The van der Waals surface area contributed by atoms with E-state index in [0.29, 0.717) is 0 Å². The van der Waals surface area contributed by atoms with Crippen LogP contribution in [0, 0.1) is 0 Å². The fourth-order valence-corrected chi connectivity index (χ4v) is 3.28. The van der Waals surface area contributed by atoms with Gasteiger partial charge in [0.15, 0.2) is 6.04 Å². The summed E-state index contributed by atoms with van der Waals surface area (Å²) >= 11 is 0. The first-order valence-electron chi connectivity index (χ1n) is 8.32. The van der Waals surface area contributed by atoms with Gasteiger partial charge in [-0.05, 0) is 31.2 Å². The Kier molecular flexibility index (Phi) is 4.95. The molecule has 1 amide bonds. The second-order valence-electron chi connectivity index (χ2n) is 6.22. The molecule has 0 bridgehead atoms. The van der Waals surface area contributed by atoms with Crippen LogP contribution in [0.3, 0.4) is 0 Å². The topological polar surface area (TPSA) is 46.0 Å². The van der Waals surface area contributed by atoms with E-state index in [1.807, 2.05) is 19.1 Å². The van der Waals surface area contributed by atoms with Crippen molar-refractivity contribution in [3.8, 4) is 0 Å². The minimum absolute atomic E-state index is 0.0291. The molecule has 0 unspecified atom stereocenters. The largest absolute Gasteiger partial charge is 0.378 e. The summed E-state index contributed by atoms with van der Waals surface area (Å²) in [6.45, 7) is 7.69. The van der Waals surface area contributed by atoms with Gasteiger partial charge in [-0.15, -0.1) is 0 Å². The molecule has 0 aromatic heterocycles. The molecule has 2 fully saturated rings. The number of anilines is 2. The van der Waals surface area contributed by atoms with Crippen molar-refractivity contribution in [3.05, 3.63) is 24.3 Å². The van der Waals surface area contributed by atoms with Crippen LogP contribution in [-0.2, 0) is 9.53 Å². The van der Waals surface area contributed by atoms with E-state index in [9.17, 15) is 4.79 Å². The van der Waals surface area contributed by atoms with Crippen LogP contribution >= 0.6 is 0 Å². The van der Waals surface area contributed by atoms with Gasteiger partial charge in [0.25, 0.3) is 5.91 Å². The minimum atomic E-state index is 0.0291. The number of benzene rings is 1. The molecule has 2 saturated heterocycles. The SMILES string of the molecule is C[C@H](C(=O)Nc1ccc(N2CCOCC2)cc1)[NH+]1CCCC1. The molecule has 1 aromatic rings. The highest BCUT2D eigenvalue weighted by molar-refractivity contribution is 5.93. The summed E-state index contributed by atoms with van der Waals surface area (Å²) in [4.78, 5) is 16.0. The van der Waals surface area contributed by atoms with E-state index < -0.39 is 0 Å². The van der Waals surface area contributed by atoms with Crippen LogP contribution in [0.15, 0.2) is 24.3 Å². The third-order valence-electron chi connectivity index (χ3n) is 4.76. The average Bonchev–Trinajstić information content (AvgIpc) is 3.10. The van der Waals surface area contributed by atoms with Gasteiger partial charge in [-0.1, -0.05) is 0 Å². The van der Waals surface area contributed by atoms with Crippen LogP contribution in [0.25, 0.3) is 0 Å². The Morgan fingerprint density at radius 2 is 1.82 bits per heavy atom. The summed E-state index contributed by atoms with van der Waals surface area (Å²) in [5, 5.41) is 3.05. The van der Waals surface area contributed by atoms with Crippen LogP contribution in [-0.4, -0.2) is 51.3 Å². The minimum Gasteiger partial charge on any atom is -0.378 e. The van der Waals surface area contributed by atoms with E-state index in [4.69, 9.17) is 4.74 Å². The fourth-order valence-electron chi connectivity index (χ4n) is 3.28. The molecular weight excluding hydrogens is 278 g/mol. The Labute approximate surface area is 132 Å². The van der Waals surface area contributed by atoms with E-state index in [2.05, 4.69) is 22.3 Å². The van der Waals surface area contributed by atoms with Crippen molar-refractivity contribution in [2.45, 2.75) is 25.8 Å². The zero-order chi connectivity index (χ0) is 15.4. The smallest absolute Gasteiger partial charge is 0.282 e. The molecule has 2 aliphatic heterocycles. The number of hydrogen-bond donors (Lipinski definition) is 2. The molecule has 5 nitrogen and oxygen atoms in total. The summed E-state index contributed by atoms with van der Waals surface area (Å²) in [6.07, 6.45) is 2.47. The summed E-state index contributed by atoms with van der Waals surface area (Å²) in [5.74, 6) is 0.121. The zero-order valence-electron chi connectivity index (χ0n) is 13.3. The van der Waals surface area contributed by atoms with Gasteiger partial charge in [-0.2, -0.15) is 0 Å². The molecule has 0 radical (unpaired) electrons. The second-order valence-corrected chi connectivity index (χ2v) is 6.22. The monoisotopic (exact) mass is 304 g/mol. The molecule has 0 spiro atoms. The van der Waals surface area contributed by atoms with Gasteiger partial charge in [0.1, 0.15) is 0 Å². The maximum Gasteiger partial charge on any atom is 0.282 e. The van der Waals surface area contributed by atoms with Crippen molar-refractivity contribution in [2.75, 3.05) is 49.6 Å². The van der Waals surface area contributed by atoms with Gasteiger partial charge in [0.05, 0.1) is 26.3 Å². The van der Waals surface area contributed by atoms with Crippen LogP contribution in [0.1, 0.15) is 19.8 Å². The Bertz CT molecular complexity index is 491. The number of nitrogens with one attached hydrogen (secondary N) is 2. The van der Waals surface area contributed by atoms with Crippen LogP contribution in [0.2, 0.25) is 0 Å². The summed E-state index contributed by atoms with van der Waals surface area (Å²) in [7, 11) is 0. The first-order valence-corrected chi connectivity index (χ1v) is 8.32. The lowest BCUT2D eigenvalue weighted by Gasteiger charge is -2.29. The normalized spacial score (nSPS) is 20.9. The molecule has 3 rings (SSSR count). The van der Waals surface area contributed by atoms with Crippen molar-refractivity contribution >= 4 is 17.3 Å². The van der Waals surface area contributed by atoms with Crippen molar-refractivity contribution in [2.24, 2.45) is 0 Å². The number of likely N-dealkylation sites (tertiary alicyclic amines) is 1. The van der Waals surface area contributed by atoms with Crippen LogP contribution in [0.4, 0.5) is 11.4 Å². The molecule has 2 N–H and O–H groups in total. The maximum absolute atomic E-state index is 12.3. The predicted octanol–water partition coefficient (Wildman–Crippen LogP) is 0.529. The number of carbonyl (C=O) groups excluding carboxylic acids is 1. The zero-order valence-corrected chi connectivity index (χ0v) is 13.3. The quantitative estimate of drug-likeness (QED) is 0.853. The predicted molar refractivity (Wildman–Crippen MR) is 87.5 cm³/mol. The first kappa shape index (κ1) is 15.3. The van der Waals surface area contributed by atoms with Crippen LogP contribution in [0.5, 0.6) is 0 Å². The lowest BCUT2D eigenvalue weighted by Crippen LogP contribution is -3.14. The molecule has 5 heteroatoms.